The topological polar surface area (TPSA) is 86.7 Å². The van der Waals surface area contributed by atoms with Crippen LogP contribution in [0.2, 0.25) is 0 Å². The number of pyridine rings is 1. The van der Waals surface area contributed by atoms with Crippen LogP contribution in [-0.2, 0) is 4.74 Å². The summed E-state index contributed by atoms with van der Waals surface area (Å²) in [5.41, 5.74) is 0.912. The number of nitrogens with zero attached hydrogens (tertiary/aromatic N) is 4. The zero-order valence-corrected chi connectivity index (χ0v) is 17.3. The minimum absolute atomic E-state index is 0.0675. The molecule has 8 nitrogen and oxygen atoms in total. The predicted molar refractivity (Wildman–Crippen MR) is 105 cm³/mol. The molecule has 0 bridgehead atoms. The van der Waals surface area contributed by atoms with E-state index in [0.717, 1.165) is 18.5 Å². The largest absolute Gasteiger partial charge is 0.471 e. The normalized spacial score (nSPS) is 22.3. The van der Waals surface area contributed by atoms with Crippen molar-refractivity contribution in [2.75, 3.05) is 13.1 Å². The summed E-state index contributed by atoms with van der Waals surface area (Å²) in [7, 11) is 0. The minimum Gasteiger partial charge on any atom is -0.471 e. The van der Waals surface area contributed by atoms with Gasteiger partial charge in [0.25, 0.3) is 0 Å². The molecule has 0 N–H and O–H groups in total. The van der Waals surface area contributed by atoms with Gasteiger partial charge in [0.2, 0.25) is 11.8 Å². The number of aromatic nitrogens is 3. The molecule has 30 heavy (non-hydrogen) atoms. The standard InChI is InChI=1S/C21H25FN4O4/c1-13-18(28-16-5-4-9-23-14(16)2)24-12-25-19(13)29-17-6-10-26(11-15(17)22)20(27)30-21(3)7-8-21/h4-5,9,12,15,17H,6-8,10-11H2,1-3H3/t15-,17-/m1/s1. The van der Waals surface area contributed by atoms with Gasteiger partial charge in [0.1, 0.15) is 18.0 Å². The first-order valence-corrected chi connectivity index (χ1v) is 10.0. The number of aryl methyl sites for hydroxylation is 1. The Morgan fingerprint density at radius 3 is 2.70 bits per heavy atom. The SMILES string of the molecule is Cc1ncccc1Oc1ncnc(O[C@@H]2CCN(C(=O)OC3(C)CC3)C[C@H]2F)c1C. The van der Waals surface area contributed by atoms with Gasteiger partial charge in [0, 0.05) is 19.2 Å². The highest BCUT2D eigenvalue weighted by Crippen LogP contribution is 2.39. The van der Waals surface area contributed by atoms with Crippen LogP contribution in [0, 0.1) is 13.8 Å². The summed E-state index contributed by atoms with van der Waals surface area (Å²) < 4.78 is 31.9. The molecule has 1 aliphatic heterocycles. The lowest BCUT2D eigenvalue weighted by Crippen LogP contribution is -2.50. The first-order valence-electron chi connectivity index (χ1n) is 10.0. The second-order valence-electron chi connectivity index (χ2n) is 8.02. The maximum absolute atomic E-state index is 14.8. The Hall–Kier alpha value is -2.97. The molecule has 1 saturated heterocycles. The first-order chi connectivity index (χ1) is 14.3. The fourth-order valence-electron chi connectivity index (χ4n) is 3.20. The number of carbonyl (C=O) groups is 1. The lowest BCUT2D eigenvalue weighted by molar-refractivity contribution is 0.00193. The molecule has 1 amide bonds. The number of ether oxygens (including phenoxy) is 3. The van der Waals surface area contributed by atoms with E-state index in [2.05, 4.69) is 15.0 Å². The molecular formula is C21H25FN4O4. The molecule has 0 unspecified atom stereocenters. The highest BCUT2D eigenvalue weighted by atomic mass is 19.1. The van der Waals surface area contributed by atoms with E-state index in [1.54, 1.807) is 25.3 Å². The van der Waals surface area contributed by atoms with Gasteiger partial charge in [-0.05, 0) is 45.7 Å². The summed E-state index contributed by atoms with van der Waals surface area (Å²) >= 11 is 0. The third-order valence-corrected chi connectivity index (χ3v) is 5.45. The maximum Gasteiger partial charge on any atom is 0.410 e. The van der Waals surface area contributed by atoms with Crippen molar-refractivity contribution in [2.24, 2.45) is 0 Å². The number of rotatable bonds is 5. The minimum atomic E-state index is -1.35. The lowest BCUT2D eigenvalue weighted by atomic mass is 10.1. The number of hydrogen-bond acceptors (Lipinski definition) is 7. The van der Waals surface area contributed by atoms with Crippen molar-refractivity contribution in [1.82, 2.24) is 19.9 Å². The van der Waals surface area contributed by atoms with E-state index in [1.165, 1.54) is 11.2 Å². The molecule has 2 aromatic rings. The third-order valence-electron chi connectivity index (χ3n) is 5.45. The smallest absolute Gasteiger partial charge is 0.410 e. The molecule has 2 aromatic heterocycles. The van der Waals surface area contributed by atoms with Crippen LogP contribution in [0.3, 0.4) is 0 Å². The van der Waals surface area contributed by atoms with Gasteiger partial charge in [0.05, 0.1) is 17.8 Å². The van der Waals surface area contributed by atoms with Crippen LogP contribution in [0.25, 0.3) is 0 Å². The summed E-state index contributed by atoms with van der Waals surface area (Å²) in [5, 5.41) is 0. The van der Waals surface area contributed by atoms with Crippen LogP contribution in [0.4, 0.5) is 9.18 Å². The average Bonchev–Trinajstić information content (AvgIpc) is 3.44. The number of amides is 1. The average molecular weight is 416 g/mol. The van der Waals surface area contributed by atoms with Gasteiger partial charge < -0.3 is 19.1 Å². The maximum atomic E-state index is 14.8. The molecule has 9 heteroatoms. The van der Waals surface area contributed by atoms with Crippen LogP contribution in [0.15, 0.2) is 24.7 Å². The summed E-state index contributed by atoms with van der Waals surface area (Å²) in [6.45, 7) is 5.77. The monoisotopic (exact) mass is 416 g/mol. The number of piperidine rings is 1. The number of likely N-dealkylation sites (tertiary alicyclic amines) is 1. The van der Waals surface area contributed by atoms with Crippen molar-refractivity contribution < 1.29 is 23.4 Å². The molecule has 0 spiro atoms. The highest BCUT2D eigenvalue weighted by molar-refractivity contribution is 5.68. The molecular weight excluding hydrogens is 391 g/mol. The molecule has 4 rings (SSSR count). The van der Waals surface area contributed by atoms with E-state index in [4.69, 9.17) is 14.2 Å². The van der Waals surface area contributed by atoms with Crippen LogP contribution in [0.5, 0.6) is 17.5 Å². The fraction of sp³-hybridized carbons (Fsp3) is 0.524. The molecule has 1 aliphatic carbocycles. The molecule has 0 aromatic carbocycles. The molecule has 3 heterocycles. The molecule has 2 fully saturated rings. The highest BCUT2D eigenvalue weighted by Gasteiger charge is 2.44. The Bertz CT molecular complexity index is 937. The van der Waals surface area contributed by atoms with E-state index in [9.17, 15) is 9.18 Å². The molecule has 160 valence electrons. The number of alkyl halides is 1. The van der Waals surface area contributed by atoms with Crippen molar-refractivity contribution >= 4 is 6.09 Å². The van der Waals surface area contributed by atoms with E-state index in [-0.39, 0.29) is 18.0 Å². The van der Waals surface area contributed by atoms with E-state index in [0.29, 0.717) is 30.2 Å². The van der Waals surface area contributed by atoms with Gasteiger partial charge in [-0.15, -0.1) is 0 Å². The molecule has 2 aliphatic rings. The zero-order valence-electron chi connectivity index (χ0n) is 17.3. The number of hydrogen-bond donors (Lipinski definition) is 0. The molecule has 0 radical (unpaired) electrons. The summed E-state index contributed by atoms with van der Waals surface area (Å²) in [4.78, 5) is 26.1. The van der Waals surface area contributed by atoms with Crippen molar-refractivity contribution in [3.05, 3.63) is 35.9 Å². The van der Waals surface area contributed by atoms with E-state index < -0.39 is 18.4 Å². The summed E-state index contributed by atoms with van der Waals surface area (Å²) in [6, 6.07) is 3.56. The Kier molecular flexibility index (Phi) is 5.44. The Labute approximate surface area is 174 Å². The third kappa shape index (κ3) is 4.44. The van der Waals surface area contributed by atoms with E-state index >= 15 is 0 Å². The number of carbonyl (C=O) groups excluding carboxylic acids is 1. The second-order valence-corrected chi connectivity index (χ2v) is 8.02. The molecule has 1 saturated carbocycles. The van der Waals surface area contributed by atoms with Gasteiger partial charge in [-0.1, -0.05) is 0 Å². The van der Waals surface area contributed by atoms with Gasteiger partial charge in [0.15, 0.2) is 11.9 Å². The summed E-state index contributed by atoms with van der Waals surface area (Å²) in [6.07, 6.45) is 2.52. The predicted octanol–water partition coefficient (Wildman–Crippen LogP) is 3.76. The van der Waals surface area contributed by atoms with Crippen molar-refractivity contribution in [3.63, 3.8) is 0 Å². The Balaban J connectivity index is 1.40. The molecule has 2 atom stereocenters. The van der Waals surface area contributed by atoms with Gasteiger partial charge >= 0.3 is 6.09 Å². The van der Waals surface area contributed by atoms with Gasteiger partial charge in [-0.25, -0.2) is 19.2 Å². The summed E-state index contributed by atoms with van der Waals surface area (Å²) in [5.74, 6) is 1.16. The Morgan fingerprint density at radius 1 is 1.23 bits per heavy atom. The zero-order chi connectivity index (χ0) is 21.3. The van der Waals surface area contributed by atoms with Crippen LogP contribution >= 0.6 is 0 Å². The van der Waals surface area contributed by atoms with E-state index in [1.807, 2.05) is 13.8 Å². The van der Waals surface area contributed by atoms with Crippen LogP contribution in [-0.4, -0.2) is 56.9 Å². The van der Waals surface area contributed by atoms with Crippen molar-refractivity contribution in [1.29, 1.82) is 0 Å². The van der Waals surface area contributed by atoms with Crippen LogP contribution in [0.1, 0.15) is 37.4 Å². The fourth-order valence-corrected chi connectivity index (χ4v) is 3.20. The van der Waals surface area contributed by atoms with Crippen LogP contribution < -0.4 is 9.47 Å². The number of halogens is 1. The van der Waals surface area contributed by atoms with Gasteiger partial charge in [-0.2, -0.15) is 0 Å². The van der Waals surface area contributed by atoms with Crippen molar-refractivity contribution in [2.45, 2.75) is 57.9 Å². The quantitative estimate of drug-likeness (QED) is 0.733. The Morgan fingerprint density at radius 2 is 2.00 bits per heavy atom. The lowest BCUT2D eigenvalue weighted by Gasteiger charge is -2.34. The van der Waals surface area contributed by atoms with Gasteiger partial charge in [-0.3, -0.25) is 4.98 Å². The second kappa shape index (κ2) is 8.04. The first kappa shape index (κ1) is 20.3. The van der Waals surface area contributed by atoms with Crippen molar-refractivity contribution in [3.8, 4) is 17.5 Å².